The molecular weight excluding hydrogens is 388 g/mol. The van der Waals surface area contributed by atoms with Gasteiger partial charge in [-0.3, -0.25) is 10.1 Å². The van der Waals surface area contributed by atoms with E-state index in [4.69, 9.17) is 0 Å². The molecule has 1 atom stereocenters. The van der Waals surface area contributed by atoms with Gasteiger partial charge in [0, 0.05) is 6.54 Å². The zero-order chi connectivity index (χ0) is 21.0. The van der Waals surface area contributed by atoms with Gasteiger partial charge in [0.15, 0.2) is 0 Å². The summed E-state index contributed by atoms with van der Waals surface area (Å²) in [5, 5.41) is 2.83. The number of rotatable bonds is 8. The molecule has 0 saturated heterocycles. The van der Waals surface area contributed by atoms with Gasteiger partial charge in [-0.25, -0.2) is 13.4 Å². The molecule has 3 aromatic rings. The van der Waals surface area contributed by atoms with Crippen LogP contribution in [0.25, 0.3) is 11.0 Å². The van der Waals surface area contributed by atoms with Crippen molar-refractivity contribution in [2.24, 2.45) is 5.92 Å². The van der Waals surface area contributed by atoms with Gasteiger partial charge < -0.3 is 4.57 Å². The van der Waals surface area contributed by atoms with Crippen LogP contribution in [0.5, 0.6) is 0 Å². The fourth-order valence-electron chi connectivity index (χ4n) is 3.14. The molecule has 0 radical (unpaired) electrons. The molecule has 0 unspecified atom stereocenters. The number of nitrogens with one attached hydrogen (secondary N) is 2. The Bertz CT molecular complexity index is 1090. The van der Waals surface area contributed by atoms with E-state index >= 15 is 0 Å². The van der Waals surface area contributed by atoms with Crippen LogP contribution < -0.4 is 10.0 Å². The molecule has 3 rings (SSSR count). The second kappa shape index (κ2) is 8.75. The predicted molar refractivity (Wildman–Crippen MR) is 114 cm³/mol. The maximum Gasteiger partial charge on any atom is 0.245 e. The average molecular weight is 415 g/mol. The van der Waals surface area contributed by atoms with E-state index in [0.717, 1.165) is 17.5 Å². The average Bonchev–Trinajstić information content (AvgIpc) is 3.04. The first-order valence-electron chi connectivity index (χ1n) is 9.67. The Labute approximate surface area is 171 Å². The van der Waals surface area contributed by atoms with Crippen molar-refractivity contribution in [3.05, 3.63) is 54.6 Å². The second-order valence-electron chi connectivity index (χ2n) is 7.22. The number of imidazole rings is 1. The molecule has 7 nitrogen and oxygen atoms in total. The Morgan fingerprint density at radius 1 is 1.07 bits per heavy atom. The number of hydrogen-bond acceptors (Lipinski definition) is 4. The lowest BCUT2D eigenvalue weighted by molar-refractivity contribution is -0.118. The maximum atomic E-state index is 13.0. The van der Waals surface area contributed by atoms with Crippen molar-refractivity contribution in [3.8, 4) is 0 Å². The minimum absolute atomic E-state index is 0.122. The molecule has 29 heavy (non-hydrogen) atoms. The van der Waals surface area contributed by atoms with Crippen molar-refractivity contribution < 1.29 is 13.2 Å². The first kappa shape index (κ1) is 21.0. The van der Waals surface area contributed by atoms with E-state index in [9.17, 15) is 13.2 Å². The van der Waals surface area contributed by atoms with Crippen LogP contribution in [0.3, 0.4) is 0 Å². The van der Waals surface area contributed by atoms with Crippen molar-refractivity contribution in [3.63, 3.8) is 0 Å². The summed E-state index contributed by atoms with van der Waals surface area (Å²) in [6.45, 7) is 6.34. The first-order chi connectivity index (χ1) is 13.8. The van der Waals surface area contributed by atoms with Crippen LogP contribution in [0.4, 0.5) is 5.95 Å². The molecule has 1 heterocycles. The number of aryl methyl sites for hydroxylation is 1. The molecule has 0 bridgehead atoms. The zero-order valence-electron chi connectivity index (χ0n) is 16.8. The van der Waals surface area contributed by atoms with Gasteiger partial charge in [-0.2, -0.15) is 4.72 Å². The standard InChI is InChI=1S/C21H26N4O3S/c1-4-14-25-18-13-9-8-12-17(18)22-21(25)23-20(26)19(15(2)3)24-29(27,28)16-10-6-5-7-11-16/h5-13,15,19,24H,4,14H2,1-3H3,(H,22,23,26)/t19-/m0/s1. The number of aromatic nitrogens is 2. The maximum absolute atomic E-state index is 13.0. The summed E-state index contributed by atoms with van der Waals surface area (Å²) in [5.41, 5.74) is 1.71. The van der Waals surface area contributed by atoms with Gasteiger partial charge >= 0.3 is 0 Å². The Morgan fingerprint density at radius 2 is 1.72 bits per heavy atom. The van der Waals surface area contributed by atoms with Gasteiger partial charge in [-0.15, -0.1) is 0 Å². The monoisotopic (exact) mass is 414 g/mol. The number of nitrogens with zero attached hydrogens (tertiary/aromatic N) is 2. The van der Waals surface area contributed by atoms with Gasteiger partial charge in [0.1, 0.15) is 6.04 Å². The van der Waals surface area contributed by atoms with Crippen LogP contribution in [-0.4, -0.2) is 29.9 Å². The molecule has 2 aromatic carbocycles. The third-order valence-corrected chi connectivity index (χ3v) is 6.08. The number of carbonyl (C=O) groups excluding carboxylic acids is 1. The van der Waals surface area contributed by atoms with E-state index < -0.39 is 22.0 Å². The van der Waals surface area contributed by atoms with E-state index in [1.807, 2.05) is 35.8 Å². The Kier molecular flexibility index (Phi) is 6.34. The van der Waals surface area contributed by atoms with Crippen molar-refractivity contribution >= 4 is 32.9 Å². The lowest BCUT2D eigenvalue weighted by Gasteiger charge is -2.21. The molecule has 0 aliphatic carbocycles. The summed E-state index contributed by atoms with van der Waals surface area (Å²) in [7, 11) is -3.82. The van der Waals surface area contributed by atoms with Crippen LogP contribution in [0.15, 0.2) is 59.5 Å². The van der Waals surface area contributed by atoms with Gasteiger partial charge in [0.25, 0.3) is 0 Å². The summed E-state index contributed by atoms with van der Waals surface area (Å²) in [6.07, 6.45) is 0.872. The van der Waals surface area contributed by atoms with Gasteiger partial charge in [-0.05, 0) is 36.6 Å². The molecule has 0 saturated carbocycles. The molecule has 0 aliphatic heterocycles. The topological polar surface area (TPSA) is 93.1 Å². The summed E-state index contributed by atoms with van der Waals surface area (Å²) >= 11 is 0. The van der Waals surface area contributed by atoms with Crippen molar-refractivity contribution in [2.45, 2.75) is 44.7 Å². The second-order valence-corrected chi connectivity index (χ2v) is 8.94. The molecule has 0 fully saturated rings. The number of hydrogen-bond donors (Lipinski definition) is 2. The number of para-hydroxylation sites is 2. The van der Waals surface area contributed by atoms with Crippen LogP contribution in [0, 0.1) is 5.92 Å². The highest BCUT2D eigenvalue weighted by Crippen LogP contribution is 2.21. The molecule has 0 spiro atoms. The minimum Gasteiger partial charge on any atom is -0.310 e. The zero-order valence-corrected chi connectivity index (χ0v) is 17.6. The normalized spacial score (nSPS) is 13.0. The number of anilines is 1. The van der Waals surface area contributed by atoms with E-state index in [-0.39, 0.29) is 10.8 Å². The Morgan fingerprint density at radius 3 is 2.38 bits per heavy atom. The Hall–Kier alpha value is -2.71. The third-order valence-electron chi connectivity index (χ3n) is 4.62. The molecular formula is C21H26N4O3S. The van der Waals surface area contributed by atoms with Crippen LogP contribution in [0.2, 0.25) is 0 Å². The summed E-state index contributed by atoms with van der Waals surface area (Å²) < 4.78 is 29.9. The summed E-state index contributed by atoms with van der Waals surface area (Å²) in [5.74, 6) is -0.271. The molecule has 8 heteroatoms. The quantitative estimate of drug-likeness (QED) is 0.591. The minimum atomic E-state index is -3.82. The van der Waals surface area contributed by atoms with Gasteiger partial charge in [0.05, 0.1) is 15.9 Å². The van der Waals surface area contributed by atoms with Crippen LogP contribution in [-0.2, 0) is 21.4 Å². The van der Waals surface area contributed by atoms with E-state index in [1.165, 1.54) is 12.1 Å². The van der Waals surface area contributed by atoms with Crippen molar-refractivity contribution in [1.29, 1.82) is 0 Å². The molecule has 0 aliphatic rings. The highest BCUT2D eigenvalue weighted by molar-refractivity contribution is 7.89. The lowest BCUT2D eigenvalue weighted by Crippen LogP contribution is -2.47. The predicted octanol–water partition coefficient (Wildman–Crippen LogP) is 3.39. The molecule has 1 aromatic heterocycles. The Balaban J connectivity index is 1.87. The lowest BCUT2D eigenvalue weighted by atomic mass is 10.1. The number of fused-ring (bicyclic) bond motifs is 1. The number of carbonyl (C=O) groups is 1. The SMILES string of the molecule is CCCn1c(NC(=O)[C@@H](NS(=O)(=O)c2ccccc2)C(C)C)nc2ccccc21. The number of sulfonamides is 1. The van der Waals surface area contributed by atoms with Gasteiger partial charge in [0.2, 0.25) is 21.9 Å². The smallest absolute Gasteiger partial charge is 0.245 e. The van der Waals surface area contributed by atoms with E-state index in [0.29, 0.717) is 12.5 Å². The van der Waals surface area contributed by atoms with Crippen LogP contribution in [0.1, 0.15) is 27.2 Å². The third kappa shape index (κ3) is 4.65. The van der Waals surface area contributed by atoms with Crippen molar-refractivity contribution in [1.82, 2.24) is 14.3 Å². The fraction of sp³-hybridized carbons (Fsp3) is 0.333. The summed E-state index contributed by atoms with van der Waals surface area (Å²) in [6, 6.07) is 14.7. The largest absolute Gasteiger partial charge is 0.310 e. The van der Waals surface area contributed by atoms with Crippen molar-refractivity contribution in [2.75, 3.05) is 5.32 Å². The highest BCUT2D eigenvalue weighted by Gasteiger charge is 2.29. The number of amides is 1. The van der Waals surface area contributed by atoms with Crippen LogP contribution >= 0.6 is 0 Å². The van der Waals surface area contributed by atoms with Gasteiger partial charge in [-0.1, -0.05) is 51.1 Å². The molecule has 1 amide bonds. The highest BCUT2D eigenvalue weighted by atomic mass is 32.2. The number of benzene rings is 2. The van der Waals surface area contributed by atoms with E-state index in [1.54, 1.807) is 32.0 Å². The molecule has 154 valence electrons. The fourth-order valence-corrected chi connectivity index (χ4v) is 4.50. The first-order valence-corrected chi connectivity index (χ1v) is 11.2. The molecule has 2 N–H and O–H groups in total. The van der Waals surface area contributed by atoms with E-state index in [2.05, 4.69) is 15.0 Å². The summed E-state index contributed by atoms with van der Waals surface area (Å²) in [4.78, 5) is 17.6.